The molecule has 206 valence electrons. The fourth-order valence-electron chi connectivity index (χ4n) is 5.99. The predicted molar refractivity (Wildman–Crippen MR) is 135 cm³/mol. The number of hydrogen-bond acceptors (Lipinski definition) is 9. The normalized spacial score (nSPS) is 29.8. The molecule has 5 unspecified atom stereocenters. The summed E-state index contributed by atoms with van der Waals surface area (Å²) in [6, 6.07) is 0. The highest BCUT2D eigenvalue weighted by molar-refractivity contribution is 7.72. The van der Waals surface area contributed by atoms with E-state index in [0.717, 1.165) is 25.9 Å². The average Bonchev–Trinajstić information content (AvgIpc) is 3.50. The molecule has 0 amide bonds. The fraction of sp³-hybridized carbons (Fsp3) is 0.762. The van der Waals surface area contributed by atoms with E-state index in [4.69, 9.17) is 26.1 Å². The fourth-order valence-corrected chi connectivity index (χ4v) is 9.67. The van der Waals surface area contributed by atoms with Gasteiger partial charge in [0.25, 0.3) is 0 Å². The number of anilines is 1. The summed E-state index contributed by atoms with van der Waals surface area (Å²) in [5, 5.41) is 21.3. The third kappa shape index (κ3) is 5.76. The van der Waals surface area contributed by atoms with Crippen LogP contribution < -0.4 is 4.90 Å². The van der Waals surface area contributed by atoms with Crippen molar-refractivity contribution in [2.75, 3.05) is 30.1 Å². The van der Waals surface area contributed by atoms with Crippen LogP contribution in [0.4, 0.5) is 5.82 Å². The van der Waals surface area contributed by atoms with Crippen molar-refractivity contribution < 1.29 is 38.8 Å². The molecule has 5 atom stereocenters. The second-order valence-electron chi connectivity index (χ2n) is 10.5. The molecule has 0 radical (unpaired) electrons. The lowest BCUT2D eigenvalue weighted by Crippen LogP contribution is -2.39. The minimum Gasteiger partial charge on any atom is -0.388 e. The molecule has 1 aliphatic carbocycles. The van der Waals surface area contributed by atoms with E-state index in [0.29, 0.717) is 22.4 Å². The number of imidazole rings is 1. The van der Waals surface area contributed by atoms with Crippen LogP contribution in [0.3, 0.4) is 0 Å². The Balaban J connectivity index is 1.34. The topological polar surface area (TPSA) is 191 Å². The lowest BCUT2D eigenvalue weighted by Gasteiger charge is -2.39. The predicted octanol–water partition coefficient (Wildman–Crippen LogP) is 2.06. The Hall–Kier alpha value is -1.14. The molecule has 5 rings (SSSR count). The SMILES string of the molecule is O=P(O)(O)CP(=O)(O)CCC1OC(n2cnc3c(N4CCC5(CCCC5)CC4)nc(Cl)nc32)C(O)C1O. The number of piperidine rings is 1. The lowest BCUT2D eigenvalue weighted by molar-refractivity contribution is -0.0354. The van der Waals surface area contributed by atoms with Gasteiger partial charge in [0.1, 0.15) is 18.1 Å². The molecule has 4 heterocycles. The van der Waals surface area contributed by atoms with E-state index in [1.807, 2.05) is 0 Å². The molecular weight excluding hydrogens is 548 g/mol. The van der Waals surface area contributed by atoms with Crippen LogP contribution in [0.15, 0.2) is 6.33 Å². The summed E-state index contributed by atoms with van der Waals surface area (Å²) in [6.07, 6.45) is 3.03. The molecule has 16 heteroatoms. The maximum atomic E-state index is 12.2. The van der Waals surface area contributed by atoms with Crippen LogP contribution >= 0.6 is 26.6 Å². The third-order valence-corrected chi connectivity index (χ3v) is 12.3. The Labute approximate surface area is 218 Å². The van der Waals surface area contributed by atoms with Gasteiger partial charge in [-0.15, -0.1) is 0 Å². The molecule has 0 bridgehead atoms. The van der Waals surface area contributed by atoms with Gasteiger partial charge in [-0.25, -0.2) is 4.98 Å². The second kappa shape index (κ2) is 10.1. The van der Waals surface area contributed by atoms with Gasteiger partial charge in [-0.2, -0.15) is 9.97 Å². The van der Waals surface area contributed by atoms with Gasteiger partial charge >= 0.3 is 7.60 Å². The van der Waals surface area contributed by atoms with Crippen molar-refractivity contribution in [3.63, 3.8) is 0 Å². The molecule has 3 aliphatic rings. The van der Waals surface area contributed by atoms with Gasteiger partial charge in [-0.3, -0.25) is 13.7 Å². The van der Waals surface area contributed by atoms with Crippen LogP contribution in [-0.4, -0.2) is 87.9 Å². The first-order valence-electron chi connectivity index (χ1n) is 12.4. The van der Waals surface area contributed by atoms with E-state index < -0.39 is 51.6 Å². The summed E-state index contributed by atoms with van der Waals surface area (Å²) >= 11 is 6.28. The van der Waals surface area contributed by atoms with Crippen molar-refractivity contribution in [2.45, 2.75) is 69.5 Å². The highest BCUT2D eigenvalue weighted by Gasteiger charge is 2.45. The van der Waals surface area contributed by atoms with Crippen molar-refractivity contribution in [3.8, 4) is 0 Å². The van der Waals surface area contributed by atoms with Gasteiger partial charge in [-0.1, -0.05) is 12.8 Å². The molecule has 37 heavy (non-hydrogen) atoms. The molecule has 3 fully saturated rings. The van der Waals surface area contributed by atoms with Gasteiger partial charge in [0.2, 0.25) is 12.7 Å². The van der Waals surface area contributed by atoms with Crippen molar-refractivity contribution in [1.29, 1.82) is 0 Å². The van der Waals surface area contributed by atoms with Crippen LogP contribution in [0.5, 0.6) is 0 Å². The molecule has 13 nitrogen and oxygen atoms in total. The molecule has 2 saturated heterocycles. The van der Waals surface area contributed by atoms with Crippen LogP contribution in [0.1, 0.15) is 51.2 Å². The molecule has 0 aromatic carbocycles. The largest absolute Gasteiger partial charge is 0.388 e. The first kappa shape index (κ1) is 27.4. The lowest BCUT2D eigenvalue weighted by atomic mass is 9.77. The Morgan fingerprint density at radius 3 is 2.38 bits per heavy atom. The van der Waals surface area contributed by atoms with Crippen LogP contribution in [-0.2, 0) is 13.9 Å². The third-order valence-electron chi connectivity index (χ3n) is 7.94. The number of aliphatic hydroxyl groups is 2. The first-order chi connectivity index (χ1) is 17.4. The molecule has 5 N–H and O–H groups in total. The number of hydrogen-bond donors (Lipinski definition) is 5. The van der Waals surface area contributed by atoms with Crippen molar-refractivity contribution in [1.82, 2.24) is 19.5 Å². The number of ether oxygens (including phenoxy) is 1. The van der Waals surface area contributed by atoms with Crippen LogP contribution in [0, 0.1) is 5.41 Å². The maximum Gasteiger partial charge on any atom is 0.335 e. The standard InChI is InChI=1S/C21H32ClN5O8P2/c22-20-24-17(26-8-6-21(7-9-26)4-1-2-5-21)14-18(25-20)27(11-23-14)19-16(29)15(28)13(35-19)3-10-36(30,31)12-37(32,33)34/h11,13,15-16,19,28-29H,1-10,12H2,(H,30,31)(H2,32,33,34). The summed E-state index contributed by atoms with van der Waals surface area (Å²) in [4.78, 5) is 43.3. The van der Waals surface area contributed by atoms with Crippen molar-refractivity contribution >= 4 is 43.5 Å². The minimum atomic E-state index is -4.69. The van der Waals surface area contributed by atoms with E-state index >= 15 is 0 Å². The zero-order chi connectivity index (χ0) is 26.6. The van der Waals surface area contributed by atoms with E-state index in [1.165, 1.54) is 36.6 Å². The number of halogens is 1. The van der Waals surface area contributed by atoms with Crippen molar-refractivity contribution in [2.24, 2.45) is 5.41 Å². The molecule has 1 saturated carbocycles. The van der Waals surface area contributed by atoms with E-state index in [2.05, 4.69) is 19.9 Å². The number of fused-ring (bicyclic) bond motifs is 1. The number of aromatic nitrogens is 4. The average molecular weight is 580 g/mol. The van der Waals surface area contributed by atoms with E-state index in [1.54, 1.807) is 0 Å². The monoisotopic (exact) mass is 579 g/mol. The highest BCUT2D eigenvalue weighted by Crippen LogP contribution is 2.55. The van der Waals surface area contributed by atoms with Crippen molar-refractivity contribution in [3.05, 3.63) is 11.6 Å². The minimum absolute atomic E-state index is 0.00800. The summed E-state index contributed by atoms with van der Waals surface area (Å²) in [6.45, 7) is 1.66. The highest BCUT2D eigenvalue weighted by atomic mass is 35.5. The summed E-state index contributed by atoms with van der Waals surface area (Å²) in [5.74, 6) is -0.554. The number of rotatable bonds is 7. The quantitative estimate of drug-likeness (QED) is 0.237. The van der Waals surface area contributed by atoms with E-state index in [9.17, 15) is 24.2 Å². The number of aliphatic hydroxyl groups excluding tert-OH is 2. The van der Waals surface area contributed by atoms with Crippen LogP contribution in [0.2, 0.25) is 5.28 Å². The van der Waals surface area contributed by atoms with Gasteiger partial charge in [-0.05, 0) is 49.1 Å². The summed E-state index contributed by atoms with van der Waals surface area (Å²) < 4.78 is 30.6. The Morgan fingerprint density at radius 1 is 1.05 bits per heavy atom. The van der Waals surface area contributed by atoms with Gasteiger partial charge in [0.05, 0.1) is 12.4 Å². The molecule has 2 aromatic rings. The Kier molecular flexibility index (Phi) is 7.50. The second-order valence-corrected chi connectivity index (χ2v) is 15.5. The smallest absolute Gasteiger partial charge is 0.335 e. The zero-order valence-electron chi connectivity index (χ0n) is 20.1. The first-order valence-corrected chi connectivity index (χ1v) is 16.6. The molecule has 2 aromatic heterocycles. The molecule has 2 aliphatic heterocycles. The van der Waals surface area contributed by atoms with E-state index in [-0.39, 0.29) is 11.7 Å². The summed E-state index contributed by atoms with van der Waals surface area (Å²) in [5.41, 5.74) is 1.23. The maximum absolute atomic E-state index is 12.2. The summed E-state index contributed by atoms with van der Waals surface area (Å²) in [7, 11) is -8.86. The van der Waals surface area contributed by atoms with Gasteiger partial charge in [0, 0.05) is 19.3 Å². The zero-order valence-corrected chi connectivity index (χ0v) is 22.7. The van der Waals surface area contributed by atoms with Gasteiger partial charge in [0.15, 0.2) is 23.2 Å². The Morgan fingerprint density at radius 2 is 1.73 bits per heavy atom. The van der Waals surface area contributed by atoms with Crippen LogP contribution in [0.25, 0.3) is 11.2 Å². The van der Waals surface area contributed by atoms with Gasteiger partial charge < -0.3 is 34.5 Å². The number of nitrogens with zero attached hydrogens (tertiary/aromatic N) is 5. The molecule has 1 spiro atoms. The Bertz CT molecular complexity index is 1240. The molecular formula is C21H32ClN5O8P2.